The van der Waals surface area contributed by atoms with E-state index in [1.165, 1.54) is 0 Å². The van der Waals surface area contributed by atoms with E-state index in [1.807, 2.05) is 84.9 Å². The maximum atomic E-state index is 13.1. The molecule has 0 aromatic heterocycles. The average Bonchev–Trinajstić information content (AvgIpc) is 2.68. The normalized spacial score (nSPS) is 10.4. The Labute approximate surface area is 148 Å². The van der Waals surface area contributed by atoms with Crippen LogP contribution in [0.5, 0.6) is 0 Å². The van der Waals surface area contributed by atoms with Crippen LogP contribution in [0, 0.1) is 0 Å². The zero-order valence-electron chi connectivity index (χ0n) is 14.0. The van der Waals surface area contributed by atoms with Crippen LogP contribution < -0.4 is 0 Å². The fourth-order valence-electron chi connectivity index (χ4n) is 2.89. The molecule has 0 spiro atoms. The zero-order valence-corrected chi connectivity index (χ0v) is 14.0. The van der Waals surface area contributed by atoms with Gasteiger partial charge in [0.2, 0.25) is 0 Å². The molecule has 0 unspecified atom stereocenters. The van der Waals surface area contributed by atoms with Crippen LogP contribution in [0.4, 0.5) is 0 Å². The summed E-state index contributed by atoms with van der Waals surface area (Å²) in [6.45, 7) is 0.715. The highest BCUT2D eigenvalue weighted by Gasteiger charge is 2.19. The van der Waals surface area contributed by atoms with E-state index < -0.39 is 0 Å². The fourth-order valence-corrected chi connectivity index (χ4v) is 2.89. The third-order valence-corrected chi connectivity index (χ3v) is 4.12. The Morgan fingerprint density at radius 1 is 0.800 bits per heavy atom. The molecule has 0 aliphatic heterocycles. The molecule has 3 rings (SSSR count). The van der Waals surface area contributed by atoms with Gasteiger partial charge >= 0.3 is 0 Å². The van der Waals surface area contributed by atoms with E-state index in [0.29, 0.717) is 18.7 Å². The molecule has 3 aromatic carbocycles. The van der Waals surface area contributed by atoms with E-state index in [0.717, 1.165) is 16.7 Å². The van der Waals surface area contributed by atoms with Crippen LogP contribution >= 0.6 is 0 Å². The maximum Gasteiger partial charge on any atom is 0.254 e. The van der Waals surface area contributed by atoms with Gasteiger partial charge in [-0.3, -0.25) is 4.79 Å². The van der Waals surface area contributed by atoms with Crippen molar-refractivity contribution in [3.05, 3.63) is 96.1 Å². The molecule has 3 aromatic rings. The van der Waals surface area contributed by atoms with Crippen LogP contribution in [-0.2, 0) is 6.54 Å². The number of amides is 1. The summed E-state index contributed by atoms with van der Waals surface area (Å²) in [7, 11) is 0. The summed E-state index contributed by atoms with van der Waals surface area (Å²) in [5.74, 6) is -0.0719. The molecule has 126 valence electrons. The molecule has 0 bridgehead atoms. The van der Waals surface area contributed by atoms with Crippen LogP contribution in [0.3, 0.4) is 0 Å². The van der Waals surface area contributed by atoms with Crippen molar-refractivity contribution in [2.75, 3.05) is 13.2 Å². The van der Waals surface area contributed by atoms with Crippen molar-refractivity contribution in [1.82, 2.24) is 4.90 Å². The lowest BCUT2D eigenvalue weighted by molar-refractivity contribution is 0.0708. The van der Waals surface area contributed by atoms with Crippen LogP contribution in [0.15, 0.2) is 84.9 Å². The zero-order chi connectivity index (χ0) is 17.5. The van der Waals surface area contributed by atoms with E-state index in [1.54, 1.807) is 4.90 Å². The van der Waals surface area contributed by atoms with Crippen molar-refractivity contribution >= 4 is 5.91 Å². The molecule has 0 fully saturated rings. The molecule has 0 aliphatic carbocycles. The van der Waals surface area contributed by atoms with Gasteiger partial charge in [-0.05, 0) is 22.8 Å². The number of hydrogen-bond donors (Lipinski definition) is 1. The number of nitrogens with zero attached hydrogens (tertiary/aromatic N) is 1. The lowest BCUT2D eigenvalue weighted by atomic mass is 9.98. The van der Waals surface area contributed by atoms with Crippen molar-refractivity contribution in [2.45, 2.75) is 6.54 Å². The summed E-state index contributed by atoms with van der Waals surface area (Å²) < 4.78 is 0. The quantitative estimate of drug-likeness (QED) is 0.742. The lowest BCUT2D eigenvalue weighted by Crippen LogP contribution is -2.33. The van der Waals surface area contributed by atoms with Gasteiger partial charge in [0.05, 0.1) is 6.61 Å². The second-order valence-corrected chi connectivity index (χ2v) is 5.85. The van der Waals surface area contributed by atoms with Crippen LogP contribution in [0.1, 0.15) is 15.9 Å². The van der Waals surface area contributed by atoms with Crippen LogP contribution in [-0.4, -0.2) is 29.1 Å². The van der Waals surface area contributed by atoms with Gasteiger partial charge in [0, 0.05) is 18.7 Å². The first-order valence-electron chi connectivity index (χ1n) is 8.38. The predicted octanol–water partition coefficient (Wildman–Crippen LogP) is 3.99. The Bertz CT molecular complexity index is 816. The Kier molecular flexibility index (Phi) is 5.60. The first kappa shape index (κ1) is 16.9. The largest absolute Gasteiger partial charge is 0.395 e. The summed E-state index contributed by atoms with van der Waals surface area (Å²) in [6, 6.07) is 27.3. The van der Waals surface area contributed by atoms with E-state index >= 15 is 0 Å². The minimum atomic E-state index is -0.0719. The summed E-state index contributed by atoms with van der Waals surface area (Å²) in [5.41, 5.74) is 3.61. The average molecular weight is 331 g/mol. The summed E-state index contributed by atoms with van der Waals surface area (Å²) in [6.07, 6.45) is 0. The molecule has 1 N–H and O–H groups in total. The van der Waals surface area contributed by atoms with Gasteiger partial charge in [0.15, 0.2) is 0 Å². The number of aliphatic hydroxyl groups excluding tert-OH is 1. The Morgan fingerprint density at radius 2 is 1.40 bits per heavy atom. The molecular weight excluding hydrogens is 310 g/mol. The number of aliphatic hydroxyl groups is 1. The number of benzene rings is 3. The van der Waals surface area contributed by atoms with Gasteiger partial charge in [0.25, 0.3) is 5.91 Å². The number of rotatable bonds is 6. The van der Waals surface area contributed by atoms with Gasteiger partial charge < -0.3 is 10.0 Å². The molecule has 0 radical (unpaired) electrons. The first-order chi connectivity index (χ1) is 12.3. The molecule has 0 saturated carbocycles. The van der Waals surface area contributed by atoms with E-state index in [2.05, 4.69) is 0 Å². The minimum absolute atomic E-state index is 0.0634. The highest BCUT2D eigenvalue weighted by molar-refractivity contribution is 6.00. The predicted molar refractivity (Wildman–Crippen MR) is 100 cm³/mol. The Balaban J connectivity index is 1.93. The monoisotopic (exact) mass is 331 g/mol. The fraction of sp³-hybridized carbons (Fsp3) is 0.136. The van der Waals surface area contributed by atoms with E-state index in [-0.39, 0.29) is 12.5 Å². The van der Waals surface area contributed by atoms with Crippen molar-refractivity contribution in [2.24, 2.45) is 0 Å². The third kappa shape index (κ3) is 4.14. The van der Waals surface area contributed by atoms with Crippen molar-refractivity contribution in [3.63, 3.8) is 0 Å². The molecule has 1 amide bonds. The van der Waals surface area contributed by atoms with Crippen molar-refractivity contribution in [3.8, 4) is 11.1 Å². The number of carbonyl (C=O) groups excluding carboxylic acids is 1. The third-order valence-electron chi connectivity index (χ3n) is 4.12. The van der Waals surface area contributed by atoms with Gasteiger partial charge in [-0.15, -0.1) is 0 Å². The molecule has 3 nitrogen and oxygen atoms in total. The first-order valence-corrected chi connectivity index (χ1v) is 8.38. The van der Waals surface area contributed by atoms with Gasteiger partial charge in [-0.2, -0.15) is 0 Å². The summed E-state index contributed by atoms with van der Waals surface area (Å²) in [4.78, 5) is 14.8. The Morgan fingerprint density at radius 3 is 2.08 bits per heavy atom. The summed E-state index contributed by atoms with van der Waals surface area (Å²) >= 11 is 0. The molecule has 3 heteroatoms. The topological polar surface area (TPSA) is 40.5 Å². The SMILES string of the molecule is O=C(c1ccccc1-c1ccccc1)N(CCO)Cc1ccccc1. The molecule has 25 heavy (non-hydrogen) atoms. The van der Waals surface area contributed by atoms with Crippen molar-refractivity contribution < 1.29 is 9.90 Å². The maximum absolute atomic E-state index is 13.1. The molecular formula is C22H21NO2. The van der Waals surface area contributed by atoms with Gasteiger partial charge in [0.1, 0.15) is 0 Å². The van der Waals surface area contributed by atoms with Crippen LogP contribution in [0.2, 0.25) is 0 Å². The Hall–Kier alpha value is -2.91. The number of hydrogen-bond acceptors (Lipinski definition) is 2. The minimum Gasteiger partial charge on any atom is -0.395 e. The highest BCUT2D eigenvalue weighted by atomic mass is 16.3. The van der Waals surface area contributed by atoms with E-state index in [4.69, 9.17) is 0 Å². The summed E-state index contributed by atoms with van der Waals surface area (Å²) in [5, 5.41) is 9.40. The highest BCUT2D eigenvalue weighted by Crippen LogP contribution is 2.25. The molecule has 0 aliphatic rings. The lowest BCUT2D eigenvalue weighted by Gasteiger charge is -2.23. The second kappa shape index (κ2) is 8.27. The smallest absolute Gasteiger partial charge is 0.254 e. The second-order valence-electron chi connectivity index (χ2n) is 5.85. The molecule has 0 atom stereocenters. The molecule has 0 saturated heterocycles. The van der Waals surface area contributed by atoms with Crippen molar-refractivity contribution in [1.29, 1.82) is 0 Å². The van der Waals surface area contributed by atoms with Gasteiger partial charge in [-0.1, -0.05) is 78.9 Å². The van der Waals surface area contributed by atoms with Gasteiger partial charge in [-0.25, -0.2) is 0 Å². The van der Waals surface area contributed by atoms with Crippen LogP contribution in [0.25, 0.3) is 11.1 Å². The number of carbonyl (C=O) groups is 1. The molecule has 0 heterocycles. The standard InChI is InChI=1S/C22H21NO2/c24-16-15-23(17-18-9-3-1-4-10-18)22(25)21-14-8-7-13-20(21)19-11-5-2-6-12-19/h1-14,24H,15-17H2. The van der Waals surface area contributed by atoms with E-state index in [9.17, 15) is 9.90 Å².